The minimum Gasteiger partial charge on any atom is -0.303 e. The Bertz CT molecular complexity index is 109. The Morgan fingerprint density at radius 2 is 1.50 bits per heavy atom. The summed E-state index contributed by atoms with van der Waals surface area (Å²) < 4.78 is 0. The van der Waals surface area contributed by atoms with Gasteiger partial charge >= 0.3 is 0 Å². The maximum atomic E-state index is 10.1. The van der Waals surface area contributed by atoms with Crippen molar-refractivity contribution in [3.05, 3.63) is 0 Å². The van der Waals surface area contributed by atoms with Gasteiger partial charge in [-0.25, -0.2) is 0 Å². The van der Waals surface area contributed by atoms with Crippen molar-refractivity contribution in [2.24, 2.45) is 5.92 Å². The highest BCUT2D eigenvalue weighted by molar-refractivity contribution is 5.49. The fourth-order valence-electron chi connectivity index (χ4n) is 1.45. The van der Waals surface area contributed by atoms with E-state index in [1.54, 1.807) is 0 Å². The van der Waals surface area contributed by atoms with Crippen molar-refractivity contribution < 1.29 is 9.59 Å². The van der Waals surface area contributed by atoms with Gasteiger partial charge in [0.2, 0.25) is 0 Å². The molecule has 0 amide bonds. The summed E-state index contributed by atoms with van der Waals surface area (Å²) >= 11 is 0. The van der Waals surface area contributed by atoms with Crippen LogP contribution in [0.15, 0.2) is 0 Å². The van der Waals surface area contributed by atoms with E-state index >= 15 is 0 Å². The van der Waals surface area contributed by atoms with Gasteiger partial charge in [-0.2, -0.15) is 0 Å². The smallest absolute Gasteiger partial charge is 0.120 e. The van der Waals surface area contributed by atoms with Crippen LogP contribution in [0.25, 0.3) is 0 Å². The predicted molar refractivity (Wildman–Crippen MR) is 49.0 cm³/mol. The first-order valence-corrected chi connectivity index (χ1v) is 4.72. The zero-order valence-corrected chi connectivity index (χ0v) is 7.79. The normalized spacial score (nSPS) is 10.2. The van der Waals surface area contributed by atoms with Gasteiger partial charge in [-0.1, -0.05) is 19.8 Å². The summed E-state index contributed by atoms with van der Waals surface area (Å²) in [6.45, 7) is 2.13. The Balaban J connectivity index is 3.52. The van der Waals surface area contributed by atoms with Crippen LogP contribution in [0, 0.1) is 5.92 Å². The number of aldehydes is 2. The Hall–Kier alpha value is -0.660. The maximum Gasteiger partial charge on any atom is 0.120 e. The summed E-state index contributed by atoms with van der Waals surface area (Å²) in [5.41, 5.74) is 0. The molecule has 2 heteroatoms. The molecular formula is C10H18O2. The van der Waals surface area contributed by atoms with Crippen LogP contribution in [0.2, 0.25) is 0 Å². The largest absolute Gasteiger partial charge is 0.303 e. The second kappa shape index (κ2) is 8.44. The summed E-state index contributed by atoms with van der Waals surface area (Å²) in [6.07, 6.45) is 7.39. The van der Waals surface area contributed by atoms with Crippen LogP contribution in [-0.4, -0.2) is 12.6 Å². The van der Waals surface area contributed by atoms with E-state index < -0.39 is 0 Å². The first-order chi connectivity index (χ1) is 5.85. The molecule has 0 aromatic heterocycles. The zero-order chi connectivity index (χ0) is 9.23. The van der Waals surface area contributed by atoms with Gasteiger partial charge in [-0.15, -0.1) is 0 Å². The summed E-state index contributed by atoms with van der Waals surface area (Å²) in [5.74, 6) is 0.574. The van der Waals surface area contributed by atoms with E-state index in [-0.39, 0.29) is 0 Å². The Morgan fingerprint density at radius 1 is 1.00 bits per heavy atom. The quantitative estimate of drug-likeness (QED) is 0.524. The lowest BCUT2D eigenvalue weighted by Crippen LogP contribution is -2.00. The average Bonchev–Trinajstić information content (AvgIpc) is 2.10. The van der Waals surface area contributed by atoms with Crippen LogP contribution in [0.4, 0.5) is 0 Å². The highest BCUT2D eigenvalue weighted by Gasteiger charge is 2.06. The molecule has 2 nitrogen and oxygen atoms in total. The van der Waals surface area contributed by atoms with E-state index in [9.17, 15) is 9.59 Å². The topological polar surface area (TPSA) is 34.1 Å². The minimum atomic E-state index is 0.574. The molecule has 70 valence electrons. The number of hydrogen-bond acceptors (Lipinski definition) is 2. The Morgan fingerprint density at radius 3 is 1.83 bits per heavy atom. The van der Waals surface area contributed by atoms with Crippen molar-refractivity contribution in [2.75, 3.05) is 0 Å². The molecule has 12 heavy (non-hydrogen) atoms. The highest BCUT2D eigenvalue weighted by Crippen LogP contribution is 2.17. The van der Waals surface area contributed by atoms with Crippen LogP contribution in [0.3, 0.4) is 0 Å². The van der Waals surface area contributed by atoms with E-state index in [1.165, 1.54) is 0 Å². The summed E-state index contributed by atoms with van der Waals surface area (Å²) in [7, 11) is 0. The van der Waals surface area contributed by atoms with Crippen LogP contribution >= 0.6 is 0 Å². The fraction of sp³-hybridized carbons (Fsp3) is 0.800. The van der Waals surface area contributed by atoms with Crippen LogP contribution in [0.1, 0.15) is 45.4 Å². The standard InChI is InChI=1S/C10H18O2/c1-2-5-10(6-3-8-11)7-4-9-12/h8-10H,2-7H2,1H3. The molecule has 0 atom stereocenters. The van der Waals surface area contributed by atoms with Gasteiger partial charge in [0.05, 0.1) is 0 Å². The van der Waals surface area contributed by atoms with Crippen molar-refractivity contribution in [1.82, 2.24) is 0 Å². The van der Waals surface area contributed by atoms with E-state index in [2.05, 4.69) is 6.92 Å². The van der Waals surface area contributed by atoms with Gasteiger partial charge < -0.3 is 9.59 Å². The molecule has 0 spiro atoms. The first kappa shape index (κ1) is 11.3. The van der Waals surface area contributed by atoms with Gasteiger partial charge in [0.1, 0.15) is 12.6 Å². The third kappa shape index (κ3) is 6.08. The monoisotopic (exact) mass is 170 g/mol. The van der Waals surface area contributed by atoms with E-state index in [1.807, 2.05) is 0 Å². The zero-order valence-electron chi connectivity index (χ0n) is 7.79. The van der Waals surface area contributed by atoms with E-state index in [0.717, 1.165) is 38.3 Å². The lowest BCUT2D eigenvalue weighted by molar-refractivity contribution is -0.108. The summed E-state index contributed by atoms with van der Waals surface area (Å²) in [5, 5.41) is 0. The average molecular weight is 170 g/mol. The van der Waals surface area contributed by atoms with Crippen molar-refractivity contribution >= 4 is 12.6 Å². The van der Waals surface area contributed by atoms with Crippen molar-refractivity contribution in [1.29, 1.82) is 0 Å². The third-order valence-corrected chi connectivity index (χ3v) is 2.08. The number of rotatable bonds is 8. The maximum absolute atomic E-state index is 10.1. The molecule has 0 aliphatic carbocycles. The summed E-state index contributed by atoms with van der Waals surface area (Å²) in [4.78, 5) is 20.2. The second-order valence-electron chi connectivity index (χ2n) is 3.14. The molecule has 0 saturated carbocycles. The molecule has 0 saturated heterocycles. The van der Waals surface area contributed by atoms with Gasteiger partial charge in [0.15, 0.2) is 0 Å². The van der Waals surface area contributed by atoms with Crippen LogP contribution in [0.5, 0.6) is 0 Å². The Labute approximate surface area is 74.3 Å². The number of hydrogen-bond donors (Lipinski definition) is 0. The van der Waals surface area contributed by atoms with Crippen molar-refractivity contribution in [3.63, 3.8) is 0 Å². The molecule has 0 bridgehead atoms. The molecule has 0 unspecified atom stereocenters. The highest BCUT2D eigenvalue weighted by atomic mass is 16.1. The molecule has 0 N–H and O–H groups in total. The SMILES string of the molecule is CCCC(CCC=O)CCC=O. The molecule has 0 aromatic rings. The minimum absolute atomic E-state index is 0.574. The lowest BCUT2D eigenvalue weighted by Gasteiger charge is -2.12. The number of carbonyl (C=O) groups excluding carboxylic acids is 2. The van der Waals surface area contributed by atoms with Gasteiger partial charge in [-0.05, 0) is 18.8 Å². The summed E-state index contributed by atoms with van der Waals surface area (Å²) in [6, 6.07) is 0. The van der Waals surface area contributed by atoms with Crippen molar-refractivity contribution in [2.45, 2.75) is 45.4 Å². The molecule has 0 radical (unpaired) electrons. The van der Waals surface area contributed by atoms with Gasteiger partial charge in [0, 0.05) is 12.8 Å². The third-order valence-electron chi connectivity index (χ3n) is 2.08. The van der Waals surface area contributed by atoms with Crippen LogP contribution in [-0.2, 0) is 9.59 Å². The van der Waals surface area contributed by atoms with Crippen LogP contribution < -0.4 is 0 Å². The lowest BCUT2D eigenvalue weighted by atomic mass is 9.94. The predicted octanol–water partition coefficient (Wildman–Crippen LogP) is 2.36. The molecule has 0 aromatic carbocycles. The van der Waals surface area contributed by atoms with Gasteiger partial charge in [0.25, 0.3) is 0 Å². The molecule has 0 aliphatic rings. The van der Waals surface area contributed by atoms with E-state index in [4.69, 9.17) is 0 Å². The molecule has 0 aliphatic heterocycles. The molecule has 0 fully saturated rings. The first-order valence-electron chi connectivity index (χ1n) is 4.72. The fourth-order valence-corrected chi connectivity index (χ4v) is 1.45. The molecule has 0 rings (SSSR count). The second-order valence-corrected chi connectivity index (χ2v) is 3.14. The van der Waals surface area contributed by atoms with Gasteiger partial charge in [-0.3, -0.25) is 0 Å². The van der Waals surface area contributed by atoms with E-state index in [0.29, 0.717) is 18.8 Å². The molecule has 0 heterocycles. The Kier molecular flexibility index (Phi) is 7.97. The number of carbonyl (C=O) groups is 2. The van der Waals surface area contributed by atoms with Crippen molar-refractivity contribution in [3.8, 4) is 0 Å². The molecular weight excluding hydrogens is 152 g/mol.